The van der Waals surface area contributed by atoms with E-state index < -0.39 is 0 Å². The molecule has 1 heteroatoms. The zero-order chi connectivity index (χ0) is 10.7. The van der Waals surface area contributed by atoms with Crippen molar-refractivity contribution in [2.24, 2.45) is 11.8 Å². The molecule has 2 unspecified atom stereocenters. The maximum Gasteiger partial charge on any atom is 0.0349 e. The van der Waals surface area contributed by atoms with Crippen molar-refractivity contribution < 1.29 is 0 Å². The monoisotopic (exact) mass is 203 g/mol. The number of rotatable bonds is 3. The van der Waals surface area contributed by atoms with Crippen LogP contribution in [0.1, 0.15) is 38.3 Å². The molecule has 0 aromatic heterocycles. The van der Waals surface area contributed by atoms with Crippen LogP contribution < -0.4 is 5.32 Å². The van der Waals surface area contributed by atoms with Gasteiger partial charge in [0.15, 0.2) is 0 Å². The van der Waals surface area contributed by atoms with Crippen molar-refractivity contribution in [3.63, 3.8) is 0 Å². The second kappa shape index (κ2) is 4.80. The summed E-state index contributed by atoms with van der Waals surface area (Å²) in [5.41, 5.74) is 1.46. The van der Waals surface area contributed by atoms with Crippen LogP contribution in [0.4, 0.5) is 0 Å². The summed E-state index contributed by atoms with van der Waals surface area (Å²) in [7, 11) is 0. The molecule has 0 aliphatic carbocycles. The first kappa shape index (κ1) is 10.7. The van der Waals surface area contributed by atoms with Crippen LogP contribution in [0, 0.1) is 11.8 Å². The van der Waals surface area contributed by atoms with Gasteiger partial charge in [-0.05, 0) is 36.8 Å². The van der Waals surface area contributed by atoms with Gasteiger partial charge in [-0.25, -0.2) is 0 Å². The number of hydrogen-bond donors (Lipinski definition) is 1. The Morgan fingerprint density at radius 3 is 2.67 bits per heavy atom. The molecule has 0 bridgehead atoms. The van der Waals surface area contributed by atoms with Gasteiger partial charge in [-0.2, -0.15) is 0 Å². The topological polar surface area (TPSA) is 12.0 Å². The minimum absolute atomic E-state index is 0.591. The second-order valence-electron chi connectivity index (χ2n) is 5.02. The summed E-state index contributed by atoms with van der Waals surface area (Å²) in [6.45, 7) is 5.82. The summed E-state index contributed by atoms with van der Waals surface area (Å²) in [6, 6.07) is 11.5. The van der Waals surface area contributed by atoms with Crippen LogP contribution in [0.3, 0.4) is 0 Å². The van der Waals surface area contributed by atoms with E-state index in [1.54, 1.807) is 0 Å². The van der Waals surface area contributed by atoms with Crippen LogP contribution >= 0.6 is 0 Å². The van der Waals surface area contributed by atoms with Crippen LogP contribution in [0.2, 0.25) is 0 Å². The molecule has 1 heterocycles. The lowest BCUT2D eigenvalue weighted by atomic mass is 9.87. The minimum Gasteiger partial charge on any atom is -0.310 e. The van der Waals surface area contributed by atoms with Gasteiger partial charge in [0.1, 0.15) is 0 Å². The van der Waals surface area contributed by atoms with Crippen LogP contribution in [0.25, 0.3) is 0 Å². The summed E-state index contributed by atoms with van der Waals surface area (Å²) >= 11 is 0. The molecule has 1 saturated heterocycles. The van der Waals surface area contributed by atoms with Gasteiger partial charge in [-0.15, -0.1) is 0 Å². The molecule has 1 nitrogen and oxygen atoms in total. The van der Waals surface area contributed by atoms with E-state index in [0.717, 1.165) is 11.8 Å². The fourth-order valence-corrected chi connectivity index (χ4v) is 2.67. The van der Waals surface area contributed by atoms with E-state index >= 15 is 0 Å². The van der Waals surface area contributed by atoms with Gasteiger partial charge < -0.3 is 5.32 Å². The summed E-state index contributed by atoms with van der Waals surface area (Å²) in [5, 5.41) is 3.63. The highest BCUT2D eigenvalue weighted by atomic mass is 14.9. The maximum atomic E-state index is 3.63. The zero-order valence-corrected chi connectivity index (χ0v) is 9.74. The summed E-state index contributed by atoms with van der Waals surface area (Å²) in [6.07, 6.45) is 2.67. The molecular formula is C14H21N. The van der Waals surface area contributed by atoms with Gasteiger partial charge in [0, 0.05) is 6.04 Å². The van der Waals surface area contributed by atoms with Crippen LogP contribution in [0.15, 0.2) is 30.3 Å². The second-order valence-corrected chi connectivity index (χ2v) is 5.02. The van der Waals surface area contributed by atoms with E-state index in [4.69, 9.17) is 0 Å². The number of nitrogens with one attached hydrogen (secondary N) is 1. The molecule has 15 heavy (non-hydrogen) atoms. The Morgan fingerprint density at radius 1 is 1.27 bits per heavy atom. The van der Waals surface area contributed by atoms with Crippen LogP contribution in [-0.2, 0) is 0 Å². The van der Waals surface area contributed by atoms with Crippen LogP contribution in [0.5, 0.6) is 0 Å². The summed E-state index contributed by atoms with van der Waals surface area (Å²) in [4.78, 5) is 0. The summed E-state index contributed by atoms with van der Waals surface area (Å²) < 4.78 is 0. The number of hydrogen-bond acceptors (Lipinski definition) is 1. The van der Waals surface area contributed by atoms with Gasteiger partial charge in [-0.3, -0.25) is 0 Å². The molecule has 82 valence electrons. The predicted octanol–water partition coefficient (Wildman–Crippen LogP) is 3.38. The molecule has 2 atom stereocenters. The SMILES string of the molecule is CC(C)CC1CCNC1c1ccccc1. The largest absolute Gasteiger partial charge is 0.310 e. The lowest BCUT2D eigenvalue weighted by Crippen LogP contribution is -2.18. The maximum absolute atomic E-state index is 3.63. The molecule has 2 rings (SSSR count). The van der Waals surface area contributed by atoms with Crippen molar-refractivity contribution in [1.82, 2.24) is 5.32 Å². The Kier molecular flexibility index (Phi) is 3.42. The lowest BCUT2D eigenvalue weighted by molar-refractivity contribution is 0.373. The van der Waals surface area contributed by atoms with Crippen molar-refractivity contribution in [1.29, 1.82) is 0 Å². The molecule has 1 N–H and O–H groups in total. The standard InChI is InChI=1S/C14H21N/c1-11(2)10-13-8-9-15-14(13)12-6-4-3-5-7-12/h3-7,11,13-15H,8-10H2,1-2H3. The lowest BCUT2D eigenvalue weighted by Gasteiger charge is -2.21. The molecule has 1 aromatic rings. The van der Waals surface area contributed by atoms with Gasteiger partial charge in [0.25, 0.3) is 0 Å². The van der Waals surface area contributed by atoms with Crippen molar-refractivity contribution >= 4 is 0 Å². The average Bonchev–Trinajstić information content (AvgIpc) is 2.66. The van der Waals surface area contributed by atoms with Gasteiger partial charge in [0.05, 0.1) is 0 Å². The van der Waals surface area contributed by atoms with Crippen LogP contribution in [-0.4, -0.2) is 6.54 Å². The molecule has 1 aromatic carbocycles. The molecule has 1 aliphatic heterocycles. The van der Waals surface area contributed by atoms with Gasteiger partial charge in [-0.1, -0.05) is 44.2 Å². The molecule has 0 saturated carbocycles. The zero-order valence-electron chi connectivity index (χ0n) is 9.74. The third-order valence-electron chi connectivity index (χ3n) is 3.28. The Balaban J connectivity index is 2.08. The first-order valence-corrected chi connectivity index (χ1v) is 6.05. The quantitative estimate of drug-likeness (QED) is 0.794. The third-order valence-corrected chi connectivity index (χ3v) is 3.28. The third kappa shape index (κ3) is 2.60. The van der Waals surface area contributed by atoms with Gasteiger partial charge >= 0.3 is 0 Å². The highest BCUT2D eigenvalue weighted by Crippen LogP contribution is 2.33. The molecule has 0 spiro atoms. The molecule has 1 aliphatic rings. The average molecular weight is 203 g/mol. The summed E-state index contributed by atoms with van der Waals surface area (Å²) in [5.74, 6) is 1.63. The van der Waals surface area contributed by atoms with Crippen molar-refractivity contribution in [3.8, 4) is 0 Å². The molecule has 0 radical (unpaired) electrons. The molecular weight excluding hydrogens is 182 g/mol. The Bertz CT molecular complexity index is 291. The predicted molar refractivity (Wildman–Crippen MR) is 64.7 cm³/mol. The van der Waals surface area contributed by atoms with E-state index in [0.29, 0.717) is 6.04 Å². The van der Waals surface area contributed by atoms with Crippen molar-refractivity contribution in [3.05, 3.63) is 35.9 Å². The first-order chi connectivity index (χ1) is 7.27. The van der Waals surface area contributed by atoms with E-state index in [9.17, 15) is 0 Å². The Morgan fingerprint density at radius 2 is 2.00 bits per heavy atom. The van der Waals surface area contributed by atoms with E-state index in [2.05, 4.69) is 49.5 Å². The van der Waals surface area contributed by atoms with Gasteiger partial charge in [0.2, 0.25) is 0 Å². The number of benzene rings is 1. The van der Waals surface area contributed by atoms with Crippen molar-refractivity contribution in [2.45, 2.75) is 32.7 Å². The molecule has 0 amide bonds. The van der Waals surface area contributed by atoms with E-state index in [-0.39, 0.29) is 0 Å². The normalized spacial score (nSPS) is 26.1. The molecule has 1 fully saturated rings. The smallest absolute Gasteiger partial charge is 0.0349 e. The van der Waals surface area contributed by atoms with E-state index in [1.807, 2.05) is 0 Å². The van der Waals surface area contributed by atoms with Crippen molar-refractivity contribution in [2.75, 3.05) is 6.54 Å². The first-order valence-electron chi connectivity index (χ1n) is 6.05. The minimum atomic E-state index is 0.591. The van der Waals surface area contributed by atoms with E-state index in [1.165, 1.54) is 24.9 Å². The Labute approximate surface area is 92.9 Å². The fraction of sp³-hybridized carbons (Fsp3) is 0.571. The highest BCUT2D eigenvalue weighted by molar-refractivity contribution is 5.20. The fourth-order valence-electron chi connectivity index (χ4n) is 2.67. The Hall–Kier alpha value is -0.820. The highest BCUT2D eigenvalue weighted by Gasteiger charge is 2.28.